The van der Waals surface area contributed by atoms with E-state index in [0.29, 0.717) is 32.1 Å². The zero-order valence-corrected chi connectivity index (χ0v) is 20.1. The molecule has 1 aromatic carbocycles. The average Bonchev–Trinajstić information content (AvgIpc) is 2.79. The number of morpholine rings is 1. The lowest BCUT2D eigenvalue weighted by Gasteiger charge is -2.34. The first-order valence-corrected chi connectivity index (χ1v) is 13.1. The molecule has 31 heavy (non-hydrogen) atoms. The highest BCUT2D eigenvalue weighted by molar-refractivity contribution is 7.89. The number of benzene rings is 1. The van der Waals surface area contributed by atoms with Gasteiger partial charge < -0.3 is 9.64 Å². The molecule has 2 aliphatic rings. The van der Waals surface area contributed by atoms with Gasteiger partial charge in [-0.05, 0) is 49.9 Å². The van der Waals surface area contributed by atoms with Crippen LogP contribution in [0.15, 0.2) is 23.1 Å². The molecule has 0 saturated carbocycles. The van der Waals surface area contributed by atoms with Crippen molar-refractivity contribution in [2.45, 2.75) is 38.0 Å². The minimum atomic E-state index is -3.64. The molecule has 1 aromatic rings. The molecule has 0 aliphatic carbocycles. The van der Waals surface area contributed by atoms with E-state index in [0.717, 1.165) is 52.1 Å². The SMILES string of the molecule is CCN(CC)S(=O)(=O)c1ccc(Cl)c(C(=O)N2CCC(CCN3CCOCC3)CC2)c1. The van der Waals surface area contributed by atoms with Gasteiger partial charge in [-0.25, -0.2) is 8.42 Å². The summed E-state index contributed by atoms with van der Waals surface area (Å²) in [6.45, 7) is 10.4. The maximum Gasteiger partial charge on any atom is 0.255 e. The summed E-state index contributed by atoms with van der Waals surface area (Å²) in [4.78, 5) is 17.5. The lowest BCUT2D eigenvalue weighted by Crippen LogP contribution is -2.41. The van der Waals surface area contributed by atoms with Crippen molar-refractivity contribution < 1.29 is 17.9 Å². The van der Waals surface area contributed by atoms with Crippen LogP contribution in [0, 0.1) is 5.92 Å². The Kier molecular flexibility index (Phi) is 8.75. The summed E-state index contributed by atoms with van der Waals surface area (Å²) in [5.41, 5.74) is 0.265. The van der Waals surface area contributed by atoms with Crippen molar-refractivity contribution in [1.82, 2.24) is 14.1 Å². The number of sulfonamides is 1. The molecule has 0 spiro atoms. The van der Waals surface area contributed by atoms with Crippen molar-refractivity contribution in [3.8, 4) is 0 Å². The quantitative estimate of drug-likeness (QED) is 0.583. The maximum absolute atomic E-state index is 13.1. The largest absolute Gasteiger partial charge is 0.379 e. The van der Waals surface area contributed by atoms with E-state index in [1.165, 1.54) is 22.5 Å². The Morgan fingerprint density at radius 1 is 1.13 bits per heavy atom. The average molecular weight is 472 g/mol. The molecule has 0 radical (unpaired) electrons. The van der Waals surface area contributed by atoms with Crippen molar-refractivity contribution in [3.63, 3.8) is 0 Å². The zero-order chi connectivity index (χ0) is 22.4. The number of ether oxygens (including phenoxy) is 1. The Morgan fingerprint density at radius 3 is 2.39 bits per heavy atom. The second-order valence-electron chi connectivity index (χ2n) is 8.21. The fourth-order valence-corrected chi connectivity index (χ4v) is 6.01. The Bertz CT molecular complexity index is 846. The second kappa shape index (κ2) is 11.1. The van der Waals surface area contributed by atoms with Gasteiger partial charge in [-0.2, -0.15) is 4.31 Å². The van der Waals surface area contributed by atoms with E-state index in [2.05, 4.69) is 4.90 Å². The van der Waals surface area contributed by atoms with E-state index < -0.39 is 10.0 Å². The van der Waals surface area contributed by atoms with Gasteiger partial charge in [0.15, 0.2) is 0 Å². The van der Waals surface area contributed by atoms with Crippen molar-refractivity contribution in [3.05, 3.63) is 28.8 Å². The number of nitrogens with zero attached hydrogens (tertiary/aromatic N) is 3. The second-order valence-corrected chi connectivity index (χ2v) is 10.6. The Morgan fingerprint density at radius 2 is 1.77 bits per heavy atom. The van der Waals surface area contributed by atoms with E-state index >= 15 is 0 Å². The highest BCUT2D eigenvalue weighted by atomic mass is 35.5. The van der Waals surface area contributed by atoms with Gasteiger partial charge in [0, 0.05) is 39.3 Å². The molecule has 3 rings (SSSR count). The van der Waals surface area contributed by atoms with Gasteiger partial charge >= 0.3 is 0 Å². The molecule has 0 N–H and O–H groups in total. The smallest absolute Gasteiger partial charge is 0.255 e. The number of hydrogen-bond acceptors (Lipinski definition) is 5. The van der Waals surface area contributed by atoms with Crippen LogP contribution < -0.4 is 0 Å². The van der Waals surface area contributed by atoms with E-state index in [1.54, 1.807) is 18.7 Å². The number of piperidine rings is 1. The van der Waals surface area contributed by atoms with Crippen LogP contribution in [-0.2, 0) is 14.8 Å². The van der Waals surface area contributed by atoms with Gasteiger partial charge in [-0.15, -0.1) is 0 Å². The number of likely N-dealkylation sites (tertiary alicyclic amines) is 1. The van der Waals surface area contributed by atoms with Crippen LogP contribution in [0.5, 0.6) is 0 Å². The van der Waals surface area contributed by atoms with E-state index in [4.69, 9.17) is 16.3 Å². The van der Waals surface area contributed by atoms with Gasteiger partial charge in [0.1, 0.15) is 0 Å². The van der Waals surface area contributed by atoms with Gasteiger partial charge in [0.2, 0.25) is 10.0 Å². The molecule has 2 heterocycles. The number of rotatable bonds is 8. The topological polar surface area (TPSA) is 70.2 Å². The molecule has 0 aromatic heterocycles. The Labute approximate surface area is 191 Å². The van der Waals surface area contributed by atoms with Crippen LogP contribution in [0.1, 0.15) is 43.5 Å². The van der Waals surface area contributed by atoms with Gasteiger partial charge in [0.05, 0.1) is 28.7 Å². The summed E-state index contributed by atoms with van der Waals surface area (Å²) in [5.74, 6) is 0.421. The monoisotopic (exact) mass is 471 g/mol. The molecule has 0 bridgehead atoms. The Hall–Kier alpha value is -1.19. The van der Waals surface area contributed by atoms with Crippen molar-refractivity contribution in [2.75, 3.05) is 59.0 Å². The minimum Gasteiger partial charge on any atom is -0.379 e. The summed E-state index contributed by atoms with van der Waals surface area (Å²) in [5, 5.41) is 0.290. The van der Waals surface area contributed by atoms with Crippen LogP contribution in [0.2, 0.25) is 5.02 Å². The fourth-order valence-electron chi connectivity index (χ4n) is 4.33. The van der Waals surface area contributed by atoms with Gasteiger partial charge in [-0.1, -0.05) is 25.4 Å². The lowest BCUT2D eigenvalue weighted by atomic mass is 9.93. The number of carbonyl (C=O) groups excluding carboxylic acids is 1. The number of carbonyl (C=O) groups is 1. The number of halogens is 1. The predicted octanol–water partition coefficient (Wildman–Crippen LogP) is 2.95. The highest BCUT2D eigenvalue weighted by Crippen LogP contribution is 2.27. The van der Waals surface area contributed by atoms with E-state index in [1.807, 2.05) is 0 Å². The zero-order valence-electron chi connectivity index (χ0n) is 18.6. The van der Waals surface area contributed by atoms with Gasteiger partial charge in [0.25, 0.3) is 5.91 Å². The Balaban J connectivity index is 1.61. The number of hydrogen-bond donors (Lipinski definition) is 0. The van der Waals surface area contributed by atoms with Crippen LogP contribution in [-0.4, -0.2) is 87.5 Å². The first-order chi connectivity index (χ1) is 14.9. The molecule has 0 atom stereocenters. The molecule has 0 unspecified atom stereocenters. The lowest BCUT2D eigenvalue weighted by molar-refractivity contribution is 0.0332. The standard InChI is InChI=1S/C22H34ClN3O4S/c1-3-26(4-2)31(28,29)19-5-6-21(23)20(17-19)22(27)25-11-8-18(9-12-25)7-10-24-13-15-30-16-14-24/h5-6,17-18H,3-4,7-16H2,1-2H3. The first-order valence-electron chi connectivity index (χ1n) is 11.3. The predicted molar refractivity (Wildman–Crippen MR) is 122 cm³/mol. The van der Waals surface area contributed by atoms with Crippen LogP contribution in [0.25, 0.3) is 0 Å². The summed E-state index contributed by atoms with van der Waals surface area (Å²) in [6.07, 6.45) is 3.07. The maximum atomic E-state index is 13.1. The number of amides is 1. The molecular formula is C22H34ClN3O4S. The van der Waals surface area contributed by atoms with Crippen molar-refractivity contribution >= 4 is 27.5 Å². The summed E-state index contributed by atoms with van der Waals surface area (Å²) < 4.78 is 32.5. The van der Waals surface area contributed by atoms with E-state index in [-0.39, 0.29) is 21.4 Å². The normalized spacial score (nSPS) is 19.2. The molecule has 2 saturated heterocycles. The summed E-state index contributed by atoms with van der Waals surface area (Å²) in [7, 11) is -3.64. The third-order valence-corrected chi connectivity index (χ3v) is 8.75. The molecule has 174 valence electrons. The highest BCUT2D eigenvalue weighted by Gasteiger charge is 2.28. The molecular weight excluding hydrogens is 438 g/mol. The van der Waals surface area contributed by atoms with E-state index in [9.17, 15) is 13.2 Å². The fraction of sp³-hybridized carbons (Fsp3) is 0.682. The van der Waals surface area contributed by atoms with Crippen molar-refractivity contribution in [2.24, 2.45) is 5.92 Å². The van der Waals surface area contributed by atoms with Crippen molar-refractivity contribution in [1.29, 1.82) is 0 Å². The first kappa shape index (κ1) is 24.5. The van der Waals surface area contributed by atoms with Gasteiger partial charge in [-0.3, -0.25) is 9.69 Å². The molecule has 2 aliphatic heterocycles. The molecule has 1 amide bonds. The van der Waals surface area contributed by atoms with Crippen LogP contribution in [0.3, 0.4) is 0 Å². The summed E-state index contributed by atoms with van der Waals surface area (Å²) >= 11 is 6.30. The third-order valence-electron chi connectivity index (χ3n) is 6.37. The summed E-state index contributed by atoms with van der Waals surface area (Å²) in [6, 6.07) is 4.42. The van der Waals surface area contributed by atoms with Crippen LogP contribution >= 0.6 is 11.6 Å². The third kappa shape index (κ3) is 5.99. The molecule has 9 heteroatoms. The molecule has 2 fully saturated rings. The van der Waals surface area contributed by atoms with Crippen LogP contribution in [0.4, 0.5) is 0 Å². The molecule has 7 nitrogen and oxygen atoms in total. The minimum absolute atomic E-state index is 0.115.